The standard InChI is InChI=1S/C26H32N2/c1-25(13-5-3-6-14-25)21-11-17-27-23-19(21)9-10-20-22(12-18-28-24(20)23)26(2)15-7-4-8-16-26/h9-12,17-18H,3-8,13-16H2,1-2H3. The maximum atomic E-state index is 4.84. The summed E-state index contributed by atoms with van der Waals surface area (Å²) < 4.78 is 0. The Bertz CT molecular complexity index is 925. The Morgan fingerprint density at radius 2 is 0.964 bits per heavy atom. The van der Waals surface area contributed by atoms with Gasteiger partial charge in [-0.05, 0) is 59.8 Å². The first-order chi connectivity index (χ1) is 13.6. The summed E-state index contributed by atoms with van der Waals surface area (Å²) in [4.78, 5) is 9.68. The number of nitrogens with zero attached hydrogens (tertiary/aromatic N) is 2. The molecule has 1 aromatic carbocycles. The van der Waals surface area contributed by atoms with Crippen LogP contribution in [0.5, 0.6) is 0 Å². The van der Waals surface area contributed by atoms with Crippen LogP contribution in [-0.2, 0) is 10.8 Å². The molecule has 0 atom stereocenters. The summed E-state index contributed by atoms with van der Waals surface area (Å²) in [6.45, 7) is 4.91. The second kappa shape index (κ2) is 6.83. The van der Waals surface area contributed by atoms with Gasteiger partial charge in [0, 0.05) is 23.2 Å². The molecule has 0 amide bonds. The van der Waals surface area contributed by atoms with Crippen molar-refractivity contribution in [2.75, 3.05) is 0 Å². The summed E-state index contributed by atoms with van der Waals surface area (Å²) in [6, 6.07) is 9.23. The Morgan fingerprint density at radius 1 is 0.571 bits per heavy atom. The number of hydrogen-bond donors (Lipinski definition) is 0. The minimum atomic E-state index is 0.278. The van der Waals surface area contributed by atoms with Gasteiger partial charge in [-0.1, -0.05) is 64.5 Å². The van der Waals surface area contributed by atoms with E-state index in [-0.39, 0.29) is 10.8 Å². The van der Waals surface area contributed by atoms with Gasteiger partial charge in [-0.25, -0.2) is 0 Å². The summed E-state index contributed by atoms with van der Waals surface area (Å²) in [5, 5.41) is 2.63. The van der Waals surface area contributed by atoms with Gasteiger partial charge >= 0.3 is 0 Å². The van der Waals surface area contributed by atoms with Crippen molar-refractivity contribution < 1.29 is 0 Å². The van der Waals surface area contributed by atoms with Crippen LogP contribution in [-0.4, -0.2) is 9.97 Å². The van der Waals surface area contributed by atoms with Crippen LogP contribution in [0.1, 0.15) is 89.2 Å². The maximum Gasteiger partial charge on any atom is 0.0967 e. The van der Waals surface area contributed by atoms with Crippen molar-refractivity contribution in [3.05, 3.63) is 47.8 Å². The Labute approximate surface area is 168 Å². The predicted octanol–water partition coefficient (Wildman–Crippen LogP) is 7.23. The number of benzene rings is 1. The highest BCUT2D eigenvalue weighted by Gasteiger charge is 2.32. The molecule has 28 heavy (non-hydrogen) atoms. The van der Waals surface area contributed by atoms with Gasteiger partial charge in [-0.3, -0.25) is 9.97 Å². The third kappa shape index (κ3) is 2.84. The predicted molar refractivity (Wildman–Crippen MR) is 118 cm³/mol. The molecule has 2 heterocycles. The van der Waals surface area contributed by atoms with E-state index in [0.717, 1.165) is 11.0 Å². The lowest BCUT2D eigenvalue weighted by Crippen LogP contribution is -2.26. The molecule has 2 saturated carbocycles. The minimum Gasteiger partial charge on any atom is -0.254 e. The van der Waals surface area contributed by atoms with Gasteiger partial charge in [0.15, 0.2) is 0 Å². The molecule has 2 fully saturated rings. The van der Waals surface area contributed by atoms with Gasteiger partial charge in [0.2, 0.25) is 0 Å². The van der Waals surface area contributed by atoms with Crippen molar-refractivity contribution in [2.24, 2.45) is 0 Å². The maximum absolute atomic E-state index is 4.84. The van der Waals surface area contributed by atoms with E-state index in [9.17, 15) is 0 Å². The normalized spacial score (nSPS) is 21.8. The molecule has 2 heteroatoms. The molecule has 0 N–H and O–H groups in total. The van der Waals surface area contributed by atoms with Gasteiger partial charge in [0.25, 0.3) is 0 Å². The number of hydrogen-bond acceptors (Lipinski definition) is 2. The van der Waals surface area contributed by atoms with E-state index >= 15 is 0 Å². The molecule has 146 valence electrons. The van der Waals surface area contributed by atoms with Gasteiger partial charge < -0.3 is 0 Å². The summed E-state index contributed by atoms with van der Waals surface area (Å²) in [5.74, 6) is 0. The van der Waals surface area contributed by atoms with Crippen LogP contribution in [0.3, 0.4) is 0 Å². The quantitative estimate of drug-likeness (QED) is 0.443. The Balaban J connectivity index is 1.71. The zero-order chi connectivity index (χ0) is 19.2. The Kier molecular flexibility index (Phi) is 4.41. The lowest BCUT2D eigenvalue weighted by atomic mass is 9.69. The van der Waals surface area contributed by atoms with Crippen LogP contribution in [0.4, 0.5) is 0 Å². The van der Waals surface area contributed by atoms with Gasteiger partial charge in [0.1, 0.15) is 0 Å². The Morgan fingerprint density at radius 3 is 1.36 bits per heavy atom. The summed E-state index contributed by atoms with van der Waals surface area (Å²) >= 11 is 0. The van der Waals surface area contributed by atoms with Crippen LogP contribution in [0.15, 0.2) is 36.7 Å². The van der Waals surface area contributed by atoms with E-state index in [1.165, 1.54) is 86.1 Å². The van der Waals surface area contributed by atoms with Gasteiger partial charge in [-0.2, -0.15) is 0 Å². The van der Waals surface area contributed by atoms with Crippen molar-refractivity contribution >= 4 is 21.8 Å². The van der Waals surface area contributed by atoms with Crippen LogP contribution < -0.4 is 0 Å². The molecular formula is C26H32N2. The molecule has 0 bridgehead atoms. The third-order valence-corrected chi connectivity index (χ3v) is 7.84. The van der Waals surface area contributed by atoms with Gasteiger partial charge in [0.05, 0.1) is 11.0 Å². The molecule has 0 aliphatic heterocycles. The third-order valence-electron chi connectivity index (χ3n) is 7.84. The highest BCUT2D eigenvalue weighted by Crippen LogP contribution is 2.45. The van der Waals surface area contributed by atoms with Crippen molar-refractivity contribution in [1.82, 2.24) is 9.97 Å². The average molecular weight is 373 g/mol. The van der Waals surface area contributed by atoms with Crippen molar-refractivity contribution in [2.45, 2.75) is 88.9 Å². The lowest BCUT2D eigenvalue weighted by molar-refractivity contribution is 0.321. The molecule has 5 rings (SSSR count). The second-order valence-electron chi connectivity index (χ2n) is 9.82. The molecule has 2 aliphatic carbocycles. The second-order valence-corrected chi connectivity index (χ2v) is 9.82. The molecule has 2 nitrogen and oxygen atoms in total. The highest BCUT2D eigenvalue weighted by atomic mass is 14.7. The van der Waals surface area contributed by atoms with Crippen LogP contribution >= 0.6 is 0 Å². The molecule has 2 aliphatic rings. The molecular weight excluding hydrogens is 340 g/mol. The Hall–Kier alpha value is -1.96. The van der Waals surface area contributed by atoms with Crippen molar-refractivity contribution in [3.63, 3.8) is 0 Å². The van der Waals surface area contributed by atoms with Gasteiger partial charge in [-0.15, -0.1) is 0 Å². The van der Waals surface area contributed by atoms with Crippen molar-refractivity contribution in [1.29, 1.82) is 0 Å². The SMILES string of the molecule is CC1(c2ccnc3c2ccc2c(C4(C)CCCCC4)ccnc23)CCCCC1. The van der Waals surface area contributed by atoms with E-state index in [1.54, 1.807) is 0 Å². The first kappa shape index (κ1) is 18.1. The smallest absolute Gasteiger partial charge is 0.0967 e. The largest absolute Gasteiger partial charge is 0.254 e. The molecule has 0 radical (unpaired) electrons. The topological polar surface area (TPSA) is 25.8 Å². The van der Waals surface area contributed by atoms with Crippen LogP contribution in [0.25, 0.3) is 21.8 Å². The summed E-state index contributed by atoms with van der Waals surface area (Å²) in [7, 11) is 0. The van der Waals surface area contributed by atoms with Crippen molar-refractivity contribution in [3.8, 4) is 0 Å². The fourth-order valence-corrected chi connectivity index (χ4v) is 6.08. The van der Waals surface area contributed by atoms with E-state index in [1.807, 2.05) is 12.4 Å². The fourth-order valence-electron chi connectivity index (χ4n) is 6.08. The molecule has 2 aromatic heterocycles. The van der Waals surface area contributed by atoms with E-state index in [0.29, 0.717) is 0 Å². The number of pyridine rings is 2. The van der Waals surface area contributed by atoms with E-state index in [4.69, 9.17) is 9.97 Å². The van der Waals surface area contributed by atoms with Crippen LogP contribution in [0, 0.1) is 0 Å². The van der Waals surface area contributed by atoms with E-state index in [2.05, 4.69) is 38.1 Å². The number of fused-ring (bicyclic) bond motifs is 3. The lowest BCUT2D eigenvalue weighted by Gasteiger charge is -2.36. The number of aromatic nitrogens is 2. The first-order valence-corrected chi connectivity index (χ1v) is 11.3. The minimum absolute atomic E-state index is 0.278. The monoisotopic (exact) mass is 372 g/mol. The first-order valence-electron chi connectivity index (χ1n) is 11.3. The fraction of sp³-hybridized carbons (Fsp3) is 0.538. The van der Waals surface area contributed by atoms with E-state index < -0.39 is 0 Å². The molecule has 3 aromatic rings. The zero-order valence-electron chi connectivity index (χ0n) is 17.4. The highest BCUT2D eigenvalue weighted by molar-refractivity contribution is 6.05. The number of rotatable bonds is 2. The molecule has 0 unspecified atom stereocenters. The summed E-state index contributed by atoms with van der Waals surface area (Å²) in [5.41, 5.74) is 5.72. The summed E-state index contributed by atoms with van der Waals surface area (Å²) in [6.07, 6.45) is 17.3. The average Bonchev–Trinajstić information content (AvgIpc) is 2.73. The molecule has 0 spiro atoms. The zero-order valence-corrected chi connectivity index (χ0v) is 17.4. The molecule has 0 saturated heterocycles. The van der Waals surface area contributed by atoms with Crippen LogP contribution in [0.2, 0.25) is 0 Å².